The third kappa shape index (κ3) is 4.97. The van der Waals surface area contributed by atoms with Crippen LogP contribution in [0.3, 0.4) is 0 Å². The second-order valence-corrected chi connectivity index (χ2v) is 5.93. The highest BCUT2D eigenvalue weighted by atomic mass is 15.2. The van der Waals surface area contributed by atoms with Gasteiger partial charge < -0.3 is 15.1 Å². The molecule has 1 aromatic rings. The summed E-state index contributed by atoms with van der Waals surface area (Å²) in [6, 6.07) is 4.45. The van der Waals surface area contributed by atoms with E-state index in [1.165, 1.54) is 37.2 Å². The molecular formula is C17H30N4. The number of rotatable bonds is 8. The Bertz CT molecular complexity index is 427. The fraction of sp³-hybridized carbons (Fsp3) is 0.706. The van der Waals surface area contributed by atoms with Crippen LogP contribution < -0.4 is 10.2 Å². The van der Waals surface area contributed by atoms with Gasteiger partial charge in [-0.15, -0.1) is 0 Å². The van der Waals surface area contributed by atoms with Gasteiger partial charge in [0.1, 0.15) is 5.82 Å². The van der Waals surface area contributed by atoms with Crippen LogP contribution in [0, 0.1) is 0 Å². The molecule has 0 amide bonds. The second kappa shape index (κ2) is 8.35. The molecule has 0 spiro atoms. The molecule has 1 aliphatic heterocycles. The van der Waals surface area contributed by atoms with Gasteiger partial charge in [0.05, 0.1) is 0 Å². The van der Waals surface area contributed by atoms with Crippen LogP contribution in [0.1, 0.15) is 37.9 Å². The SMILES string of the molecule is CCNCc1cc(CC)nc(N(C)CCN2CCCC2)c1. The van der Waals surface area contributed by atoms with Gasteiger partial charge in [-0.25, -0.2) is 4.98 Å². The van der Waals surface area contributed by atoms with E-state index >= 15 is 0 Å². The minimum Gasteiger partial charge on any atom is -0.358 e. The number of hydrogen-bond donors (Lipinski definition) is 1. The molecule has 1 N–H and O–H groups in total. The van der Waals surface area contributed by atoms with E-state index in [9.17, 15) is 0 Å². The van der Waals surface area contributed by atoms with Crippen molar-refractivity contribution in [3.05, 3.63) is 23.4 Å². The Balaban J connectivity index is 1.98. The molecule has 21 heavy (non-hydrogen) atoms. The number of likely N-dealkylation sites (N-methyl/N-ethyl adjacent to an activating group) is 1. The van der Waals surface area contributed by atoms with Crippen molar-refractivity contribution < 1.29 is 0 Å². The molecule has 0 saturated carbocycles. The minimum absolute atomic E-state index is 0.930. The Labute approximate surface area is 129 Å². The molecule has 4 heteroatoms. The van der Waals surface area contributed by atoms with E-state index < -0.39 is 0 Å². The van der Waals surface area contributed by atoms with Gasteiger partial charge in [-0.1, -0.05) is 13.8 Å². The van der Waals surface area contributed by atoms with Crippen molar-refractivity contribution in [1.82, 2.24) is 15.2 Å². The first-order valence-corrected chi connectivity index (χ1v) is 8.37. The normalized spacial score (nSPS) is 15.6. The predicted molar refractivity (Wildman–Crippen MR) is 89.9 cm³/mol. The van der Waals surface area contributed by atoms with Gasteiger partial charge in [0, 0.05) is 32.4 Å². The average Bonchev–Trinajstić information content (AvgIpc) is 3.03. The summed E-state index contributed by atoms with van der Waals surface area (Å²) in [4.78, 5) is 9.64. The van der Waals surface area contributed by atoms with Gasteiger partial charge in [0.2, 0.25) is 0 Å². The van der Waals surface area contributed by atoms with Crippen LogP contribution in [0.2, 0.25) is 0 Å². The summed E-state index contributed by atoms with van der Waals surface area (Å²) in [7, 11) is 2.16. The van der Waals surface area contributed by atoms with Gasteiger partial charge in [-0.05, 0) is 56.6 Å². The quantitative estimate of drug-likeness (QED) is 0.796. The number of likely N-dealkylation sites (tertiary alicyclic amines) is 1. The summed E-state index contributed by atoms with van der Waals surface area (Å²) in [6.45, 7) is 11.0. The zero-order chi connectivity index (χ0) is 15.1. The fourth-order valence-corrected chi connectivity index (χ4v) is 2.79. The number of anilines is 1. The van der Waals surface area contributed by atoms with E-state index in [4.69, 9.17) is 4.98 Å². The Morgan fingerprint density at radius 1 is 1.24 bits per heavy atom. The zero-order valence-corrected chi connectivity index (χ0v) is 13.9. The molecule has 0 aliphatic carbocycles. The molecule has 0 aromatic carbocycles. The molecule has 1 aliphatic rings. The summed E-state index contributed by atoms with van der Waals surface area (Å²) < 4.78 is 0. The van der Waals surface area contributed by atoms with E-state index in [-0.39, 0.29) is 0 Å². The van der Waals surface area contributed by atoms with Crippen molar-refractivity contribution in [3.63, 3.8) is 0 Å². The third-order valence-corrected chi connectivity index (χ3v) is 4.21. The van der Waals surface area contributed by atoms with E-state index in [0.717, 1.165) is 38.4 Å². The van der Waals surface area contributed by atoms with Crippen LogP contribution in [-0.2, 0) is 13.0 Å². The van der Waals surface area contributed by atoms with Crippen molar-refractivity contribution in [3.8, 4) is 0 Å². The van der Waals surface area contributed by atoms with Crippen molar-refractivity contribution in [1.29, 1.82) is 0 Å². The molecule has 1 saturated heterocycles. The summed E-state index contributed by atoms with van der Waals surface area (Å²) >= 11 is 0. The molecule has 0 bridgehead atoms. The van der Waals surface area contributed by atoms with Crippen molar-refractivity contribution in [2.75, 3.05) is 44.7 Å². The molecule has 0 radical (unpaired) electrons. The Kier molecular flexibility index (Phi) is 6.46. The molecule has 2 rings (SSSR count). The third-order valence-electron chi connectivity index (χ3n) is 4.21. The number of aryl methyl sites for hydroxylation is 1. The molecule has 4 nitrogen and oxygen atoms in total. The van der Waals surface area contributed by atoms with Crippen LogP contribution in [0.15, 0.2) is 12.1 Å². The average molecular weight is 290 g/mol. The lowest BCUT2D eigenvalue weighted by molar-refractivity contribution is 0.346. The zero-order valence-electron chi connectivity index (χ0n) is 13.9. The lowest BCUT2D eigenvalue weighted by atomic mass is 10.2. The van der Waals surface area contributed by atoms with Gasteiger partial charge in [0.15, 0.2) is 0 Å². The van der Waals surface area contributed by atoms with Gasteiger partial charge in [-0.3, -0.25) is 0 Å². The number of hydrogen-bond acceptors (Lipinski definition) is 4. The first kappa shape index (κ1) is 16.2. The fourth-order valence-electron chi connectivity index (χ4n) is 2.79. The Morgan fingerprint density at radius 2 is 2.00 bits per heavy atom. The minimum atomic E-state index is 0.930. The Morgan fingerprint density at radius 3 is 2.67 bits per heavy atom. The topological polar surface area (TPSA) is 31.4 Å². The first-order chi connectivity index (χ1) is 10.2. The predicted octanol–water partition coefficient (Wildman–Crippen LogP) is 2.29. The van der Waals surface area contributed by atoms with Crippen molar-refractivity contribution in [2.24, 2.45) is 0 Å². The highest BCUT2D eigenvalue weighted by Gasteiger charge is 2.13. The number of aromatic nitrogens is 1. The van der Waals surface area contributed by atoms with Crippen LogP contribution in [0.4, 0.5) is 5.82 Å². The standard InChI is InChI=1S/C17H30N4/c1-4-16-12-15(14-18-5-2)13-17(19-16)20(3)10-11-21-8-6-7-9-21/h12-13,18H,4-11,14H2,1-3H3. The molecule has 1 fully saturated rings. The summed E-state index contributed by atoms with van der Waals surface area (Å²) in [6.07, 6.45) is 3.72. The highest BCUT2D eigenvalue weighted by Crippen LogP contribution is 2.15. The maximum absolute atomic E-state index is 4.78. The van der Waals surface area contributed by atoms with Crippen LogP contribution >= 0.6 is 0 Å². The number of nitrogens with one attached hydrogen (secondary N) is 1. The summed E-state index contributed by atoms with van der Waals surface area (Å²) in [5.41, 5.74) is 2.53. The molecule has 1 aromatic heterocycles. The maximum atomic E-state index is 4.78. The van der Waals surface area contributed by atoms with E-state index in [1.54, 1.807) is 0 Å². The molecule has 0 atom stereocenters. The van der Waals surface area contributed by atoms with E-state index in [2.05, 4.69) is 48.1 Å². The van der Waals surface area contributed by atoms with Gasteiger partial charge >= 0.3 is 0 Å². The monoisotopic (exact) mass is 290 g/mol. The highest BCUT2D eigenvalue weighted by molar-refractivity contribution is 5.42. The molecule has 2 heterocycles. The summed E-state index contributed by atoms with van der Waals surface area (Å²) in [5, 5.41) is 3.40. The smallest absolute Gasteiger partial charge is 0.128 e. The van der Waals surface area contributed by atoms with Crippen LogP contribution in [0.25, 0.3) is 0 Å². The summed E-state index contributed by atoms with van der Waals surface area (Å²) in [5.74, 6) is 1.11. The Hall–Kier alpha value is -1.13. The maximum Gasteiger partial charge on any atom is 0.128 e. The van der Waals surface area contributed by atoms with E-state index in [0.29, 0.717) is 0 Å². The van der Waals surface area contributed by atoms with E-state index in [1.807, 2.05) is 0 Å². The molecule has 118 valence electrons. The largest absolute Gasteiger partial charge is 0.358 e. The van der Waals surface area contributed by atoms with Crippen LogP contribution in [0.5, 0.6) is 0 Å². The first-order valence-electron chi connectivity index (χ1n) is 8.37. The van der Waals surface area contributed by atoms with Gasteiger partial charge in [-0.2, -0.15) is 0 Å². The van der Waals surface area contributed by atoms with Crippen molar-refractivity contribution >= 4 is 5.82 Å². The second-order valence-electron chi connectivity index (χ2n) is 5.93. The molecule has 0 unspecified atom stereocenters. The lowest BCUT2D eigenvalue weighted by Crippen LogP contribution is -2.32. The lowest BCUT2D eigenvalue weighted by Gasteiger charge is -2.23. The van der Waals surface area contributed by atoms with Gasteiger partial charge in [0.25, 0.3) is 0 Å². The van der Waals surface area contributed by atoms with Crippen molar-refractivity contribution in [2.45, 2.75) is 39.7 Å². The number of pyridine rings is 1. The van der Waals surface area contributed by atoms with Crippen LogP contribution in [-0.4, -0.2) is 49.7 Å². The number of nitrogens with zero attached hydrogens (tertiary/aromatic N) is 3. The molecular weight excluding hydrogens is 260 g/mol.